The van der Waals surface area contributed by atoms with Crippen molar-refractivity contribution in [3.63, 3.8) is 0 Å². The summed E-state index contributed by atoms with van der Waals surface area (Å²) in [4.78, 5) is 11.3. The summed E-state index contributed by atoms with van der Waals surface area (Å²) >= 11 is 5.56. The van der Waals surface area contributed by atoms with E-state index in [1.54, 1.807) is 12.1 Å². The lowest BCUT2D eigenvalue weighted by molar-refractivity contribution is 0.0601. The van der Waals surface area contributed by atoms with Crippen LogP contribution in [0.1, 0.15) is 10.4 Å². The number of esters is 1. The molecule has 0 aliphatic rings. The molecule has 0 aliphatic heterocycles. The van der Waals surface area contributed by atoms with Gasteiger partial charge in [-0.15, -0.1) is 0 Å². The molecule has 4 nitrogen and oxygen atoms in total. The number of fused-ring (bicyclic) bond motifs is 1. The minimum absolute atomic E-state index is 0.365. The number of carbonyl (C=O) groups is 1. The molecule has 1 N–H and O–H groups in total. The Morgan fingerprint density at radius 3 is 3.00 bits per heavy atom. The van der Waals surface area contributed by atoms with Gasteiger partial charge < -0.3 is 4.74 Å². The number of nitrogens with one attached hydrogen (secondary N) is 1. The van der Waals surface area contributed by atoms with Crippen molar-refractivity contribution in [2.24, 2.45) is 0 Å². The normalized spacial score (nSPS) is 10.6. The predicted octanol–water partition coefficient (Wildman–Crippen LogP) is 2.72. The van der Waals surface area contributed by atoms with E-state index in [2.05, 4.69) is 53.5 Å². The Balaban J connectivity index is 2.68. The molecule has 0 fully saturated rings. The largest absolute Gasteiger partial charge is 0.465 e. The van der Waals surface area contributed by atoms with E-state index in [1.807, 2.05) is 0 Å². The first kappa shape index (κ1) is 10.9. The summed E-state index contributed by atoms with van der Waals surface area (Å²) in [6.45, 7) is 0. The van der Waals surface area contributed by atoms with Gasteiger partial charge in [-0.1, -0.05) is 0 Å². The fourth-order valence-electron chi connectivity index (χ4n) is 1.30. The second-order valence-electron chi connectivity index (χ2n) is 2.88. The lowest BCUT2D eigenvalue weighted by Gasteiger charge is -2.00. The first-order valence-electron chi connectivity index (χ1n) is 4.05. The van der Waals surface area contributed by atoms with Gasteiger partial charge in [-0.25, -0.2) is 4.79 Å². The van der Waals surface area contributed by atoms with E-state index in [1.165, 1.54) is 7.11 Å². The number of ether oxygens (including phenoxy) is 1. The fourth-order valence-corrected chi connectivity index (χ4v) is 3.00. The average Bonchev–Trinajstić information content (AvgIpc) is 2.59. The van der Waals surface area contributed by atoms with E-state index in [9.17, 15) is 4.79 Å². The second-order valence-corrected chi connectivity index (χ2v) is 4.81. The van der Waals surface area contributed by atoms with Crippen molar-refractivity contribution in [2.75, 3.05) is 7.11 Å². The molecule has 0 atom stereocenters. The van der Waals surface area contributed by atoms with Crippen LogP contribution in [0.3, 0.4) is 0 Å². The minimum Gasteiger partial charge on any atom is -0.465 e. The van der Waals surface area contributed by atoms with Crippen molar-refractivity contribution in [2.45, 2.75) is 0 Å². The van der Waals surface area contributed by atoms with Crippen molar-refractivity contribution in [1.82, 2.24) is 10.2 Å². The van der Waals surface area contributed by atoms with Crippen LogP contribution in [0.25, 0.3) is 10.9 Å². The molecule has 2 aromatic rings. The summed E-state index contributed by atoms with van der Waals surface area (Å²) < 4.78 is 6.42. The monoisotopic (exact) mass is 380 g/mol. The maximum atomic E-state index is 11.3. The number of nitrogens with zero attached hydrogens (tertiary/aromatic N) is 1. The van der Waals surface area contributed by atoms with Crippen molar-refractivity contribution in [3.8, 4) is 0 Å². The number of benzene rings is 1. The van der Waals surface area contributed by atoms with E-state index in [4.69, 9.17) is 0 Å². The third-order valence-corrected chi connectivity index (χ3v) is 3.39. The van der Waals surface area contributed by atoms with Crippen LogP contribution in [-0.2, 0) is 4.74 Å². The van der Waals surface area contributed by atoms with Crippen molar-refractivity contribution < 1.29 is 9.53 Å². The molecule has 0 bridgehead atoms. The van der Waals surface area contributed by atoms with Gasteiger partial charge >= 0.3 is 5.97 Å². The quantitative estimate of drug-likeness (QED) is 0.611. The van der Waals surface area contributed by atoms with Gasteiger partial charge in [-0.05, 0) is 50.7 Å². The summed E-state index contributed by atoms with van der Waals surface area (Å²) in [7, 11) is 1.36. The van der Waals surface area contributed by atoms with E-state index in [-0.39, 0.29) is 5.97 Å². The van der Waals surface area contributed by atoms with Gasteiger partial charge in [0.15, 0.2) is 0 Å². The van der Waals surface area contributed by atoms with Crippen LogP contribution < -0.4 is 0 Å². The Morgan fingerprint density at radius 1 is 1.60 bits per heavy atom. The summed E-state index contributed by atoms with van der Waals surface area (Å²) in [6.07, 6.45) is 0. The molecule has 15 heavy (non-hydrogen) atoms. The number of H-pyrrole nitrogens is 1. The van der Waals surface area contributed by atoms with Crippen LogP contribution in [0, 0.1) is 3.70 Å². The molecule has 78 valence electrons. The van der Waals surface area contributed by atoms with Gasteiger partial charge in [0, 0.05) is 9.86 Å². The van der Waals surface area contributed by atoms with Crippen LogP contribution in [0.15, 0.2) is 16.6 Å². The molecule has 1 aromatic carbocycles. The number of aromatic amines is 1. The van der Waals surface area contributed by atoms with Gasteiger partial charge in [-0.3, -0.25) is 5.10 Å². The maximum Gasteiger partial charge on any atom is 0.337 e. The number of rotatable bonds is 1. The van der Waals surface area contributed by atoms with Gasteiger partial charge in [0.05, 0.1) is 18.2 Å². The summed E-state index contributed by atoms with van der Waals surface area (Å²) in [6, 6.07) is 3.43. The number of hydrogen-bond acceptors (Lipinski definition) is 3. The van der Waals surface area contributed by atoms with Crippen molar-refractivity contribution >= 4 is 55.4 Å². The molecule has 1 aromatic heterocycles. The SMILES string of the molecule is COC(=O)c1cc(Br)c2c(I)[nH]nc2c1. The number of methoxy groups -OCH3 is 1. The Bertz CT molecular complexity index is 538. The molecular weight excluding hydrogens is 375 g/mol. The highest BCUT2D eigenvalue weighted by molar-refractivity contribution is 14.1. The first-order valence-corrected chi connectivity index (χ1v) is 5.92. The van der Waals surface area contributed by atoms with E-state index >= 15 is 0 Å². The topological polar surface area (TPSA) is 55.0 Å². The van der Waals surface area contributed by atoms with Crippen LogP contribution in [0.4, 0.5) is 0 Å². The maximum absolute atomic E-state index is 11.3. The van der Waals surface area contributed by atoms with E-state index in [0.29, 0.717) is 5.56 Å². The van der Waals surface area contributed by atoms with Gasteiger partial charge in [0.25, 0.3) is 0 Å². The number of hydrogen-bond donors (Lipinski definition) is 1. The van der Waals surface area contributed by atoms with Gasteiger partial charge in [-0.2, -0.15) is 5.10 Å². The van der Waals surface area contributed by atoms with E-state index < -0.39 is 0 Å². The standard InChI is InChI=1S/C9H6BrIN2O2/c1-15-9(14)4-2-5(10)7-6(3-4)12-13-8(7)11/h2-3H,1H3,(H,12,13). The number of halogens is 2. The Hall–Kier alpha value is -0.630. The molecular formula is C9H6BrIN2O2. The highest BCUT2D eigenvalue weighted by Gasteiger charge is 2.12. The third kappa shape index (κ3) is 1.87. The zero-order valence-electron chi connectivity index (χ0n) is 7.67. The zero-order chi connectivity index (χ0) is 11.0. The Morgan fingerprint density at radius 2 is 2.33 bits per heavy atom. The van der Waals surface area contributed by atoms with Crippen molar-refractivity contribution in [3.05, 3.63) is 25.9 Å². The van der Waals surface area contributed by atoms with Crippen LogP contribution in [-0.4, -0.2) is 23.3 Å². The number of aromatic nitrogens is 2. The Labute approximate surface area is 108 Å². The fraction of sp³-hybridized carbons (Fsp3) is 0.111. The molecule has 1 heterocycles. The molecule has 2 rings (SSSR count). The molecule has 0 unspecified atom stereocenters. The smallest absolute Gasteiger partial charge is 0.337 e. The van der Waals surface area contributed by atoms with Gasteiger partial charge in [0.2, 0.25) is 0 Å². The molecule has 0 saturated heterocycles. The zero-order valence-corrected chi connectivity index (χ0v) is 11.4. The average molecular weight is 381 g/mol. The molecule has 0 amide bonds. The summed E-state index contributed by atoms with van der Waals surface area (Å²) in [5, 5.41) is 7.92. The highest BCUT2D eigenvalue weighted by atomic mass is 127. The predicted molar refractivity (Wildman–Crippen MR) is 67.9 cm³/mol. The lowest BCUT2D eigenvalue weighted by Crippen LogP contribution is -2.00. The molecule has 0 aliphatic carbocycles. The molecule has 0 radical (unpaired) electrons. The van der Waals surface area contributed by atoms with Crippen LogP contribution in [0.2, 0.25) is 0 Å². The molecule has 0 saturated carbocycles. The van der Waals surface area contributed by atoms with Gasteiger partial charge in [0.1, 0.15) is 3.70 Å². The summed E-state index contributed by atoms with van der Waals surface area (Å²) in [5.74, 6) is -0.365. The number of carbonyl (C=O) groups excluding carboxylic acids is 1. The van der Waals surface area contributed by atoms with E-state index in [0.717, 1.165) is 19.1 Å². The van der Waals surface area contributed by atoms with Crippen LogP contribution in [0.5, 0.6) is 0 Å². The lowest BCUT2D eigenvalue weighted by atomic mass is 10.2. The van der Waals surface area contributed by atoms with Crippen LogP contribution >= 0.6 is 38.5 Å². The van der Waals surface area contributed by atoms with Crippen molar-refractivity contribution in [1.29, 1.82) is 0 Å². The highest BCUT2D eigenvalue weighted by Crippen LogP contribution is 2.28. The molecule has 0 spiro atoms. The summed E-state index contributed by atoms with van der Waals surface area (Å²) in [5.41, 5.74) is 1.23. The third-order valence-electron chi connectivity index (χ3n) is 1.98. The first-order chi connectivity index (χ1) is 7.13. The second kappa shape index (κ2) is 4.09. The minimum atomic E-state index is -0.365. The molecule has 6 heteroatoms. The Kier molecular flexibility index (Phi) is 2.96.